The SMILES string of the molecule is CCCCCC(=O)N1CCCCC1CCl. The molecule has 0 aromatic carbocycles. The molecule has 1 aliphatic rings. The number of carbonyl (C=O) groups is 1. The van der Waals surface area contributed by atoms with Gasteiger partial charge < -0.3 is 4.90 Å². The first-order valence-corrected chi connectivity index (χ1v) is 6.68. The lowest BCUT2D eigenvalue weighted by atomic mass is 10.0. The zero-order valence-electron chi connectivity index (χ0n) is 9.67. The molecule has 0 N–H and O–H groups in total. The summed E-state index contributed by atoms with van der Waals surface area (Å²) in [5, 5.41) is 0. The van der Waals surface area contributed by atoms with Crippen molar-refractivity contribution in [3.63, 3.8) is 0 Å². The van der Waals surface area contributed by atoms with Crippen molar-refractivity contribution in [3.05, 3.63) is 0 Å². The van der Waals surface area contributed by atoms with Gasteiger partial charge in [-0.2, -0.15) is 0 Å². The smallest absolute Gasteiger partial charge is 0.222 e. The van der Waals surface area contributed by atoms with Crippen molar-refractivity contribution in [1.29, 1.82) is 0 Å². The maximum absolute atomic E-state index is 11.9. The summed E-state index contributed by atoms with van der Waals surface area (Å²) in [5.41, 5.74) is 0. The van der Waals surface area contributed by atoms with E-state index in [1.54, 1.807) is 0 Å². The van der Waals surface area contributed by atoms with Crippen LogP contribution in [0.1, 0.15) is 51.9 Å². The highest BCUT2D eigenvalue weighted by molar-refractivity contribution is 6.18. The third-order valence-electron chi connectivity index (χ3n) is 3.12. The molecule has 0 radical (unpaired) electrons. The second kappa shape index (κ2) is 7.10. The summed E-state index contributed by atoms with van der Waals surface area (Å²) in [5.74, 6) is 0.910. The Bertz CT molecular complexity index is 196. The molecule has 1 atom stereocenters. The van der Waals surface area contributed by atoms with E-state index in [4.69, 9.17) is 11.6 Å². The van der Waals surface area contributed by atoms with Crippen molar-refractivity contribution in [3.8, 4) is 0 Å². The summed E-state index contributed by atoms with van der Waals surface area (Å²) >= 11 is 5.89. The van der Waals surface area contributed by atoms with E-state index in [-0.39, 0.29) is 0 Å². The summed E-state index contributed by atoms with van der Waals surface area (Å²) in [4.78, 5) is 13.9. The van der Waals surface area contributed by atoms with Crippen LogP contribution in [-0.2, 0) is 4.79 Å². The van der Waals surface area contributed by atoms with E-state index in [1.807, 2.05) is 4.90 Å². The molecule has 15 heavy (non-hydrogen) atoms. The van der Waals surface area contributed by atoms with E-state index in [2.05, 4.69) is 6.92 Å². The van der Waals surface area contributed by atoms with Gasteiger partial charge in [-0.15, -0.1) is 11.6 Å². The van der Waals surface area contributed by atoms with Crippen LogP contribution in [-0.4, -0.2) is 29.3 Å². The summed E-state index contributed by atoms with van der Waals surface area (Å²) in [6.07, 6.45) is 7.52. The van der Waals surface area contributed by atoms with Crippen LogP contribution < -0.4 is 0 Å². The molecule has 1 fully saturated rings. The maximum atomic E-state index is 11.9. The highest BCUT2D eigenvalue weighted by Gasteiger charge is 2.25. The Hall–Kier alpha value is -0.240. The summed E-state index contributed by atoms with van der Waals surface area (Å²) in [6, 6.07) is 0.301. The molecule has 0 aliphatic carbocycles. The fourth-order valence-electron chi connectivity index (χ4n) is 2.16. The molecule has 0 spiro atoms. The number of nitrogens with zero attached hydrogens (tertiary/aromatic N) is 1. The second-order valence-electron chi connectivity index (χ2n) is 4.35. The summed E-state index contributed by atoms with van der Waals surface area (Å²) < 4.78 is 0. The normalized spacial score (nSPS) is 21.7. The van der Waals surface area contributed by atoms with Crippen LogP contribution in [0, 0.1) is 0 Å². The number of halogens is 1. The van der Waals surface area contributed by atoms with Crippen LogP contribution in [0.3, 0.4) is 0 Å². The minimum absolute atomic E-state index is 0.301. The number of hydrogen-bond acceptors (Lipinski definition) is 1. The quantitative estimate of drug-likeness (QED) is 0.526. The van der Waals surface area contributed by atoms with E-state index >= 15 is 0 Å². The Morgan fingerprint density at radius 1 is 1.40 bits per heavy atom. The van der Waals surface area contributed by atoms with Gasteiger partial charge >= 0.3 is 0 Å². The molecule has 1 amide bonds. The first-order chi connectivity index (χ1) is 7.29. The standard InChI is InChI=1S/C12H22ClNO/c1-2-3-4-8-12(15)14-9-6-5-7-11(14)10-13/h11H,2-10H2,1H3. The number of hydrogen-bond donors (Lipinski definition) is 0. The van der Waals surface area contributed by atoms with Gasteiger partial charge in [0, 0.05) is 24.9 Å². The van der Waals surface area contributed by atoms with Gasteiger partial charge in [-0.1, -0.05) is 19.8 Å². The molecule has 0 saturated carbocycles. The lowest BCUT2D eigenvalue weighted by molar-refractivity contribution is -0.134. The molecular formula is C12H22ClNO. The lowest BCUT2D eigenvalue weighted by Gasteiger charge is -2.34. The topological polar surface area (TPSA) is 20.3 Å². The Morgan fingerprint density at radius 2 is 2.20 bits per heavy atom. The minimum Gasteiger partial charge on any atom is -0.339 e. The zero-order chi connectivity index (χ0) is 11.1. The van der Waals surface area contributed by atoms with Gasteiger partial charge in [0.25, 0.3) is 0 Å². The molecule has 1 unspecified atom stereocenters. The Labute approximate surface area is 98.0 Å². The van der Waals surface area contributed by atoms with E-state index in [9.17, 15) is 4.79 Å². The fraction of sp³-hybridized carbons (Fsp3) is 0.917. The predicted molar refractivity (Wildman–Crippen MR) is 64.2 cm³/mol. The van der Waals surface area contributed by atoms with Crippen molar-refractivity contribution in [2.45, 2.75) is 57.9 Å². The largest absolute Gasteiger partial charge is 0.339 e. The molecule has 1 aliphatic heterocycles. The monoisotopic (exact) mass is 231 g/mol. The number of unbranched alkanes of at least 4 members (excludes halogenated alkanes) is 2. The van der Waals surface area contributed by atoms with E-state index < -0.39 is 0 Å². The first kappa shape index (κ1) is 12.8. The average molecular weight is 232 g/mol. The van der Waals surface area contributed by atoms with Crippen molar-refractivity contribution in [2.75, 3.05) is 12.4 Å². The van der Waals surface area contributed by atoms with Gasteiger partial charge in [0.15, 0.2) is 0 Å². The zero-order valence-corrected chi connectivity index (χ0v) is 10.4. The average Bonchev–Trinajstić information content (AvgIpc) is 2.29. The van der Waals surface area contributed by atoms with Crippen LogP contribution in [0.4, 0.5) is 0 Å². The third-order valence-corrected chi connectivity index (χ3v) is 3.48. The van der Waals surface area contributed by atoms with Crippen LogP contribution >= 0.6 is 11.6 Å². The van der Waals surface area contributed by atoms with Gasteiger partial charge in [0.1, 0.15) is 0 Å². The highest BCUT2D eigenvalue weighted by Crippen LogP contribution is 2.19. The van der Waals surface area contributed by atoms with Crippen molar-refractivity contribution < 1.29 is 4.79 Å². The molecule has 3 heteroatoms. The van der Waals surface area contributed by atoms with Gasteiger partial charge in [0.05, 0.1) is 0 Å². The van der Waals surface area contributed by atoms with Crippen LogP contribution in [0.2, 0.25) is 0 Å². The predicted octanol–water partition coefficient (Wildman–Crippen LogP) is 3.19. The number of piperidine rings is 1. The van der Waals surface area contributed by atoms with Crippen molar-refractivity contribution in [2.24, 2.45) is 0 Å². The second-order valence-corrected chi connectivity index (χ2v) is 4.66. The molecule has 2 nitrogen and oxygen atoms in total. The van der Waals surface area contributed by atoms with E-state index in [1.165, 1.54) is 12.8 Å². The fourth-order valence-corrected chi connectivity index (χ4v) is 2.48. The Morgan fingerprint density at radius 3 is 2.87 bits per heavy atom. The van der Waals surface area contributed by atoms with Crippen LogP contribution in [0.15, 0.2) is 0 Å². The van der Waals surface area contributed by atoms with E-state index in [0.29, 0.717) is 24.2 Å². The molecule has 1 saturated heterocycles. The van der Waals surface area contributed by atoms with Crippen LogP contribution in [0.5, 0.6) is 0 Å². The van der Waals surface area contributed by atoms with E-state index in [0.717, 1.165) is 32.2 Å². The number of amides is 1. The van der Waals surface area contributed by atoms with Crippen molar-refractivity contribution >= 4 is 17.5 Å². The molecular weight excluding hydrogens is 210 g/mol. The van der Waals surface area contributed by atoms with Crippen molar-refractivity contribution in [1.82, 2.24) is 4.90 Å². The van der Waals surface area contributed by atoms with Crippen LogP contribution in [0.25, 0.3) is 0 Å². The highest BCUT2D eigenvalue weighted by atomic mass is 35.5. The number of likely N-dealkylation sites (tertiary alicyclic amines) is 1. The molecule has 1 heterocycles. The van der Waals surface area contributed by atoms with Gasteiger partial charge in [0.2, 0.25) is 5.91 Å². The molecule has 0 aromatic rings. The third kappa shape index (κ3) is 4.02. The molecule has 88 valence electrons. The Kier molecular flexibility index (Phi) is 6.07. The molecule has 0 bridgehead atoms. The molecule has 0 aromatic heterocycles. The maximum Gasteiger partial charge on any atom is 0.222 e. The van der Waals surface area contributed by atoms with Gasteiger partial charge in [-0.3, -0.25) is 4.79 Å². The minimum atomic E-state index is 0.301. The number of carbonyl (C=O) groups excluding carboxylic acids is 1. The van der Waals surface area contributed by atoms with Gasteiger partial charge in [-0.05, 0) is 25.7 Å². The number of rotatable bonds is 5. The molecule has 1 rings (SSSR count). The summed E-state index contributed by atoms with van der Waals surface area (Å²) in [6.45, 7) is 3.08. The van der Waals surface area contributed by atoms with Gasteiger partial charge in [-0.25, -0.2) is 0 Å². The number of alkyl halides is 1. The lowest BCUT2D eigenvalue weighted by Crippen LogP contribution is -2.44. The first-order valence-electron chi connectivity index (χ1n) is 6.15. The summed E-state index contributed by atoms with van der Waals surface area (Å²) in [7, 11) is 0. The Balaban J connectivity index is 2.34.